The Hall–Kier alpha value is -2.17. The van der Waals surface area contributed by atoms with Crippen LogP contribution in [0.5, 0.6) is 0 Å². The van der Waals surface area contributed by atoms with Gasteiger partial charge in [-0.25, -0.2) is 9.37 Å². The van der Waals surface area contributed by atoms with Crippen LogP contribution >= 0.6 is 23.2 Å². The number of aromatic amines is 1. The summed E-state index contributed by atoms with van der Waals surface area (Å²) < 4.78 is 12.8. The molecule has 110 valence electrons. The summed E-state index contributed by atoms with van der Waals surface area (Å²) in [5.74, 6) is -0.314. The largest absolute Gasteiger partial charge is 0.319 e. The minimum atomic E-state index is -0.343. The van der Waals surface area contributed by atoms with Crippen molar-refractivity contribution in [2.75, 3.05) is 0 Å². The van der Waals surface area contributed by atoms with Gasteiger partial charge in [0, 0.05) is 0 Å². The van der Waals surface area contributed by atoms with Crippen LogP contribution in [-0.2, 0) is 0 Å². The van der Waals surface area contributed by atoms with Crippen molar-refractivity contribution in [2.45, 2.75) is 0 Å². The monoisotopic (exact) mass is 334 g/mol. The Morgan fingerprint density at radius 3 is 2.45 bits per heavy atom. The van der Waals surface area contributed by atoms with E-state index in [1.54, 1.807) is 36.4 Å². The maximum atomic E-state index is 12.8. The SMILES string of the molecule is O=c1[nH]c2cc(Cl)c(Cl)cc2nc1C=Cc1ccc(F)cc1. The Morgan fingerprint density at radius 2 is 1.73 bits per heavy atom. The molecule has 3 aromatic rings. The van der Waals surface area contributed by atoms with Crippen molar-refractivity contribution in [3.05, 3.63) is 73.9 Å². The van der Waals surface area contributed by atoms with Gasteiger partial charge in [0.1, 0.15) is 11.5 Å². The van der Waals surface area contributed by atoms with Crippen molar-refractivity contribution >= 4 is 46.4 Å². The van der Waals surface area contributed by atoms with Crippen LogP contribution in [-0.4, -0.2) is 9.97 Å². The number of fused-ring (bicyclic) bond motifs is 1. The zero-order chi connectivity index (χ0) is 15.7. The summed E-state index contributed by atoms with van der Waals surface area (Å²) in [6, 6.07) is 9.06. The molecule has 0 aliphatic rings. The molecule has 1 heterocycles. The normalized spacial score (nSPS) is 11.4. The smallest absolute Gasteiger partial charge is 0.274 e. The second-order valence-corrected chi connectivity index (χ2v) is 5.43. The number of aromatic nitrogens is 2. The second kappa shape index (κ2) is 5.91. The van der Waals surface area contributed by atoms with E-state index < -0.39 is 0 Å². The van der Waals surface area contributed by atoms with Gasteiger partial charge in [-0.15, -0.1) is 0 Å². The van der Waals surface area contributed by atoms with Crippen LogP contribution in [0, 0.1) is 5.82 Å². The number of rotatable bonds is 2. The fourth-order valence-electron chi connectivity index (χ4n) is 1.96. The summed E-state index contributed by atoms with van der Waals surface area (Å²) in [4.78, 5) is 19.0. The van der Waals surface area contributed by atoms with Crippen molar-refractivity contribution in [2.24, 2.45) is 0 Å². The van der Waals surface area contributed by atoms with E-state index in [4.69, 9.17) is 23.2 Å². The number of benzene rings is 2. The van der Waals surface area contributed by atoms with E-state index in [-0.39, 0.29) is 17.1 Å². The second-order valence-electron chi connectivity index (χ2n) is 4.62. The number of nitrogens with one attached hydrogen (secondary N) is 1. The Morgan fingerprint density at radius 1 is 1.05 bits per heavy atom. The molecule has 1 aromatic heterocycles. The first-order valence-electron chi connectivity index (χ1n) is 6.36. The summed E-state index contributed by atoms with van der Waals surface area (Å²) >= 11 is 11.9. The summed E-state index contributed by atoms with van der Waals surface area (Å²) in [5.41, 5.74) is 1.70. The molecule has 0 radical (unpaired) electrons. The summed E-state index contributed by atoms with van der Waals surface area (Å²) in [6.45, 7) is 0. The van der Waals surface area contributed by atoms with Crippen LogP contribution in [0.25, 0.3) is 23.2 Å². The molecule has 0 unspecified atom stereocenters. The molecule has 22 heavy (non-hydrogen) atoms. The third-order valence-electron chi connectivity index (χ3n) is 3.06. The zero-order valence-electron chi connectivity index (χ0n) is 11.1. The molecule has 1 N–H and O–H groups in total. The van der Waals surface area contributed by atoms with Crippen LogP contribution in [0.1, 0.15) is 11.3 Å². The Bertz CT molecular complexity index is 933. The standard InChI is InChI=1S/C16H9Cl2FN2O/c17-11-7-14-15(8-12(11)18)21-16(22)13(20-14)6-3-9-1-4-10(19)5-2-9/h1-8H,(H,21,22). The van der Waals surface area contributed by atoms with E-state index in [1.807, 2.05) is 0 Å². The average Bonchev–Trinajstić information content (AvgIpc) is 2.49. The highest BCUT2D eigenvalue weighted by Crippen LogP contribution is 2.25. The van der Waals surface area contributed by atoms with E-state index in [0.29, 0.717) is 21.1 Å². The molecule has 0 aliphatic heterocycles. The minimum absolute atomic E-state index is 0.232. The third-order valence-corrected chi connectivity index (χ3v) is 3.79. The molecular formula is C16H9Cl2FN2O. The Labute approximate surface area is 135 Å². The highest BCUT2D eigenvalue weighted by atomic mass is 35.5. The molecule has 0 atom stereocenters. The Kier molecular flexibility index (Phi) is 3.96. The van der Waals surface area contributed by atoms with Crippen LogP contribution in [0.4, 0.5) is 4.39 Å². The van der Waals surface area contributed by atoms with E-state index in [0.717, 1.165) is 5.56 Å². The quantitative estimate of drug-likeness (QED) is 0.747. The highest BCUT2D eigenvalue weighted by molar-refractivity contribution is 6.42. The first-order chi connectivity index (χ1) is 10.5. The lowest BCUT2D eigenvalue weighted by Crippen LogP contribution is -2.11. The van der Waals surface area contributed by atoms with E-state index in [9.17, 15) is 9.18 Å². The fourth-order valence-corrected chi connectivity index (χ4v) is 2.28. The maximum Gasteiger partial charge on any atom is 0.274 e. The summed E-state index contributed by atoms with van der Waals surface area (Å²) in [7, 11) is 0. The molecule has 2 aromatic carbocycles. The van der Waals surface area contributed by atoms with Crippen molar-refractivity contribution < 1.29 is 4.39 Å². The highest BCUT2D eigenvalue weighted by Gasteiger charge is 2.06. The lowest BCUT2D eigenvalue weighted by molar-refractivity contribution is 0.628. The van der Waals surface area contributed by atoms with Gasteiger partial charge >= 0.3 is 0 Å². The lowest BCUT2D eigenvalue weighted by atomic mass is 10.2. The predicted molar refractivity (Wildman–Crippen MR) is 87.7 cm³/mol. The van der Waals surface area contributed by atoms with Crippen LogP contribution in [0.15, 0.2) is 41.2 Å². The molecule has 3 rings (SSSR count). The first kappa shape index (κ1) is 14.8. The van der Waals surface area contributed by atoms with Gasteiger partial charge in [0.2, 0.25) is 0 Å². The molecular weight excluding hydrogens is 326 g/mol. The maximum absolute atomic E-state index is 12.8. The van der Waals surface area contributed by atoms with Crippen LogP contribution in [0.3, 0.4) is 0 Å². The van der Waals surface area contributed by atoms with Gasteiger partial charge in [-0.1, -0.05) is 41.4 Å². The first-order valence-corrected chi connectivity index (χ1v) is 7.11. The molecule has 0 aliphatic carbocycles. The predicted octanol–water partition coefficient (Wildman–Crippen LogP) is 4.54. The molecule has 3 nitrogen and oxygen atoms in total. The van der Waals surface area contributed by atoms with Gasteiger partial charge in [0.05, 0.1) is 21.1 Å². The lowest BCUT2D eigenvalue weighted by Gasteiger charge is -2.01. The van der Waals surface area contributed by atoms with E-state index in [2.05, 4.69) is 9.97 Å². The number of hydrogen-bond donors (Lipinski definition) is 1. The number of halogens is 3. The zero-order valence-corrected chi connectivity index (χ0v) is 12.6. The summed E-state index contributed by atoms with van der Waals surface area (Å²) in [6.07, 6.45) is 3.24. The van der Waals surface area contributed by atoms with E-state index >= 15 is 0 Å². The van der Waals surface area contributed by atoms with Gasteiger partial charge in [-0.2, -0.15) is 0 Å². The molecule has 6 heteroatoms. The number of hydrogen-bond acceptors (Lipinski definition) is 2. The minimum Gasteiger partial charge on any atom is -0.319 e. The number of H-pyrrole nitrogens is 1. The molecule has 0 fully saturated rings. The molecule has 0 saturated carbocycles. The third kappa shape index (κ3) is 3.03. The summed E-state index contributed by atoms with van der Waals surface area (Å²) in [5, 5.41) is 0.711. The van der Waals surface area contributed by atoms with Crippen LogP contribution in [0.2, 0.25) is 10.0 Å². The number of nitrogens with zero attached hydrogens (tertiary/aromatic N) is 1. The van der Waals surface area contributed by atoms with Gasteiger partial charge in [0.15, 0.2) is 0 Å². The van der Waals surface area contributed by atoms with Crippen molar-refractivity contribution in [3.8, 4) is 0 Å². The van der Waals surface area contributed by atoms with Crippen LogP contribution < -0.4 is 5.56 Å². The molecule has 0 amide bonds. The van der Waals surface area contributed by atoms with Crippen molar-refractivity contribution in [1.82, 2.24) is 9.97 Å². The van der Waals surface area contributed by atoms with E-state index in [1.165, 1.54) is 12.1 Å². The fraction of sp³-hybridized carbons (Fsp3) is 0. The van der Waals surface area contributed by atoms with Gasteiger partial charge in [-0.3, -0.25) is 4.79 Å². The van der Waals surface area contributed by atoms with Crippen molar-refractivity contribution in [3.63, 3.8) is 0 Å². The van der Waals surface area contributed by atoms with Gasteiger partial charge in [0.25, 0.3) is 5.56 Å². The molecule has 0 bridgehead atoms. The molecule has 0 saturated heterocycles. The van der Waals surface area contributed by atoms with Gasteiger partial charge in [-0.05, 0) is 35.9 Å². The van der Waals surface area contributed by atoms with Gasteiger partial charge < -0.3 is 4.98 Å². The average molecular weight is 335 g/mol. The molecule has 0 spiro atoms. The Balaban J connectivity index is 2.03. The topological polar surface area (TPSA) is 45.8 Å². The van der Waals surface area contributed by atoms with Crippen molar-refractivity contribution in [1.29, 1.82) is 0 Å².